The zero-order chi connectivity index (χ0) is 18.1. The van der Waals surface area contributed by atoms with Crippen molar-refractivity contribution in [2.24, 2.45) is 5.92 Å². The summed E-state index contributed by atoms with van der Waals surface area (Å²) < 4.78 is 13.0. The van der Waals surface area contributed by atoms with Crippen LogP contribution in [-0.2, 0) is 4.79 Å². The molecule has 1 aromatic heterocycles. The smallest absolute Gasteiger partial charge is 0.228 e. The highest BCUT2D eigenvalue weighted by Gasteiger charge is 2.43. The molecule has 1 aromatic carbocycles. The molecular weight excluding hydrogens is 331 g/mol. The Bertz CT molecular complexity index is 769. The van der Waals surface area contributed by atoms with Crippen LogP contribution in [0.3, 0.4) is 0 Å². The van der Waals surface area contributed by atoms with Gasteiger partial charge in [-0.15, -0.1) is 0 Å². The van der Waals surface area contributed by atoms with Crippen LogP contribution in [0.15, 0.2) is 42.6 Å². The molecule has 1 saturated heterocycles. The number of carbonyl (C=O) groups excluding carboxylic acids is 1. The highest BCUT2D eigenvalue weighted by atomic mass is 19.1. The minimum absolute atomic E-state index is 0.00784. The second kappa shape index (κ2) is 7.03. The van der Waals surface area contributed by atoms with E-state index in [0.29, 0.717) is 0 Å². The lowest BCUT2D eigenvalue weighted by Gasteiger charge is -2.33. The first kappa shape index (κ1) is 17.0. The van der Waals surface area contributed by atoms with Crippen LogP contribution in [0.2, 0.25) is 0 Å². The molecule has 2 unspecified atom stereocenters. The van der Waals surface area contributed by atoms with Crippen molar-refractivity contribution >= 4 is 17.4 Å². The zero-order valence-corrected chi connectivity index (χ0v) is 14.9. The second-order valence-corrected chi connectivity index (χ2v) is 7.18. The van der Waals surface area contributed by atoms with Crippen LogP contribution in [0.25, 0.3) is 0 Å². The van der Waals surface area contributed by atoms with Gasteiger partial charge in [-0.1, -0.05) is 12.1 Å². The lowest BCUT2D eigenvalue weighted by Crippen LogP contribution is -2.44. The van der Waals surface area contributed by atoms with Crippen LogP contribution in [-0.4, -0.2) is 49.0 Å². The lowest BCUT2D eigenvalue weighted by atomic mass is 10.1. The van der Waals surface area contributed by atoms with Gasteiger partial charge in [0.2, 0.25) is 5.91 Å². The fourth-order valence-corrected chi connectivity index (χ4v) is 3.48. The maximum Gasteiger partial charge on any atom is 0.228 e. The van der Waals surface area contributed by atoms with E-state index < -0.39 is 0 Å². The Hall–Kier alpha value is -2.47. The van der Waals surface area contributed by atoms with Gasteiger partial charge in [0.1, 0.15) is 11.6 Å². The molecule has 2 atom stereocenters. The van der Waals surface area contributed by atoms with E-state index in [4.69, 9.17) is 0 Å². The second-order valence-electron chi connectivity index (χ2n) is 7.18. The van der Waals surface area contributed by atoms with Crippen LogP contribution in [0.5, 0.6) is 0 Å². The summed E-state index contributed by atoms with van der Waals surface area (Å²) in [6, 6.07) is 10.3. The van der Waals surface area contributed by atoms with E-state index in [2.05, 4.69) is 27.1 Å². The number of anilines is 2. The molecule has 5 nitrogen and oxygen atoms in total. The Balaban J connectivity index is 1.33. The fraction of sp³-hybridized carbons (Fsp3) is 0.400. The van der Waals surface area contributed by atoms with Crippen LogP contribution in [0, 0.1) is 11.7 Å². The third-order valence-electron chi connectivity index (χ3n) is 5.27. The van der Waals surface area contributed by atoms with Crippen molar-refractivity contribution in [2.45, 2.75) is 12.3 Å². The first-order valence-electron chi connectivity index (χ1n) is 9.06. The van der Waals surface area contributed by atoms with E-state index >= 15 is 0 Å². The molecule has 2 aromatic rings. The Kier molecular flexibility index (Phi) is 4.59. The van der Waals surface area contributed by atoms with Gasteiger partial charge in [0, 0.05) is 32.1 Å². The molecule has 1 amide bonds. The van der Waals surface area contributed by atoms with Gasteiger partial charge in [-0.3, -0.25) is 4.79 Å². The predicted octanol–water partition coefficient (Wildman–Crippen LogP) is 2.71. The summed E-state index contributed by atoms with van der Waals surface area (Å²) in [7, 11) is 2.13. The Morgan fingerprint density at radius 3 is 2.50 bits per heavy atom. The molecule has 1 aliphatic heterocycles. The summed E-state index contributed by atoms with van der Waals surface area (Å²) in [4.78, 5) is 21.5. The van der Waals surface area contributed by atoms with Crippen molar-refractivity contribution in [1.29, 1.82) is 0 Å². The van der Waals surface area contributed by atoms with Crippen LogP contribution < -0.4 is 10.2 Å². The monoisotopic (exact) mass is 354 g/mol. The van der Waals surface area contributed by atoms with Crippen LogP contribution in [0.1, 0.15) is 17.9 Å². The van der Waals surface area contributed by atoms with E-state index in [0.717, 1.165) is 49.7 Å². The fourth-order valence-electron chi connectivity index (χ4n) is 3.48. The number of benzene rings is 1. The van der Waals surface area contributed by atoms with Crippen molar-refractivity contribution in [3.8, 4) is 0 Å². The van der Waals surface area contributed by atoms with Gasteiger partial charge in [-0.05, 0) is 49.2 Å². The van der Waals surface area contributed by atoms with E-state index in [-0.39, 0.29) is 23.6 Å². The molecule has 4 rings (SSSR count). The molecule has 1 saturated carbocycles. The number of hydrogen-bond acceptors (Lipinski definition) is 4. The number of rotatable bonds is 4. The number of nitrogens with zero attached hydrogens (tertiary/aromatic N) is 3. The van der Waals surface area contributed by atoms with Crippen molar-refractivity contribution in [3.63, 3.8) is 0 Å². The summed E-state index contributed by atoms with van der Waals surface area (Å²) in [6.45, 7) is 4.01. The van der Waals surface area contributed by atoms with Gasteiger partial charge in [-0.25, -0.2) is 9.37 Å². The number of halogens is 1. The van der Waals surface area contributed by atoms with E-state index in [1.807, 2.05) is 12.1 Å². The Morgan fingerprint density at radius 1 is 1.12 bits per heavy atom. The summed E-state index contributed by atoms with van der Waals surface area (Å²) in [5.41, 5.74) is 1.74. The number of hydrogen-bond donors (Lipinski definition) is 1. The van der Waals surface area contributed by atoms with Gasteiger partial charge in [0.05, 0.1) is 11.9 Å². The molecule has 2 heterocycles. The number of amides is 1. The number of pyridine rings is 1. The summed E-state index contributed by atoms with van der Waals surface area (Å²) >= 11 is 0. The maximum atomic E-state index is 13.0. The molecule has 2 aliphatic rings. The predicted molar refractivity (Wildman–Crippen MR) is 99.8 cm³/mol. The molecule has 26 heavy (non-hydrogen) atoms. The first-order valence-corrected chi connectivity index (χ1v) is 9.06. The van der Waals surface area contributed by atoms with Crippen molar-refractivity contribution in [3.05, 3.63) is 54.0 Å². The molecule has 1 N–H and O–H groups in total. The van der Waals surface area contributed by atoms with Gasteiger partial charge < -0.3 is 15.1 Å². The topological polar surface area (TPSA) is 48.5 Å². The average Bonchev–Trinajstić information content (AvgIpc) is 3.45. The van der Waals surface area contributed by atoms with E-state index in [9.17, 15) is 9.18 Å². The number of carbonyl (C=O) groups is 1. The molecular formula is C20H23FN4O. The Morgan fingerprint density at radius 2 is 1.85 bits per heavy atom. The largest absolute Gasteiger partial charge is 0.354 e. The van der Waals surface area contributed by atoms with Crippen molar-refractivity contribution in [2.75, 3.05) is 43.4 Å². The minimum Gasteiger partial charge on any atom is -0.354 e. The maximum absolute atomic E-state index is 13.0. The number of likely N-dealkylation sites (N-methyl/N-ethyl adjacent to an activating group) is 1. The molecule has 136 valence electrons. The normalized spacial score (nSPS) is 22.9. The lowest BCUT2D eigenvalue weighted by molar-refractivity contribution is -0.117. The summed E-state index contributed by atoms with van der Waals surface area (Å²) in [5.74, 6) is 0.855. The molecule has 0 radical (unpaired) electrons. The average molecular weight is 354 g/mol. The molecule has 6 heteroatoms. The standard InChI is InChI=1S/C20H23FN4O/c1-24-8-10-25(11-9-24)19-7-6-16(13-22-19)23-20(26)18-12-17(18)14-2-4-15(21)5-3-14/h2-7,13,17-18H,8-12H2,1H3,(H,23,26). The molecule has 0 spiro atoms. The van der Waals surface area contributed by atoms with Gasteiger partial charge in [-0.2, -0.15) is 0 Å². The van der Waals surface area contributed by atoms with E-state index in [1.165, 1.54) is 12.1 Å². The zero-order valence-electron chi connectivity index (χ0n) is 14.9. The number of piperazine rings is 1. The van der Waals surface area contributed by atoms with E-state index in [1.54, 1.807) is 18.3 Å². The third kappa shape index (κ3) is 3.70. The van der Waals surface area contributed by atoms with Gasteiger partial charge in [0.15, 0.2) is 0 Å². The van der Waals surface area contributed by atoms with Crippen LogP contribution in [0.4, 0.5) is 15.9 Å². The quantitative estimate of drug-likeness (QED) is 0.917. The van der Waals surface area contributed by atoms with Crippen LogP contribution >= 0.6 is 0 Å². The third-order valence-corrected chi connectivity index (χ3v) is 5.27. The number of nitrogens with one attached hydrogen (secondary N) is 1. The molecule has 0 bridgehead atoms. The van der Waals surface area contributed by atoms with Gasteiger partial charge in [0.25, 0.3) is 0 Å². The Labute approximate surface area is 152 Å². The highest BCUT2D eigenvalue weighted by molar-refractivity contribution is 5.95. The number of aromatic nitrogens is 1. The van der Waals surface area contributed by atoms with Crippen molar-refractivity contribution < 1.29 is 9.18 Å². The first-order chi connectivity index (χ1) is 12.6. The highest BCUT2D eigenvalue weighted by Crippen LogP contribution is 2.47. The minimum atomic E-state index is -0.248. The summed E-state index contributed by atoms with van der Waals surface area (Å²) in [6.07, 6.45) is 2.53. The van der Waals surface area contributed by atoms with Gasteiger partial charge >= 0.3 is 0 Å². The SMILES string of the molecule is CN1CCN(c2ccc(NC(=O)C3CC3c3ccc(F)cc3)cn2)CC1. The molecule has 2 fully saturated rings. The molecule has 1 aliphatic carbocycles. The summed E-state index contributed by atoms with van der Waals surface area (Å²) in [5, 5.41) is 2.95. The van der Waals surface area contributed by atoms with Crippen molar-refractivity contribution in [1.82, 2.24) is 9.88 Å².